The van der Waals surface area contributed by atoms with Crippen molar-refractivity contribution in [2.24, 2.45) is 0 Å². The minimum Gasteiger partial charge on any atom is -0.366 e. The smallest absolute Gasteiger partial charge is 0.259 e. The lowest BCUT2D eigenvalue weighted by Gasteiger charge is -2.14. The van der Waals surface area contributed by atoms with Crippen LogP contribution in [0.3, 0.4) is 0 Å². The molecule has 0 aliphatic carbocycles. The second-order valence-corrected chi connectivity index (χ2v) is 6.27. The Kier molecular flexibility index (Phi) is 4.86. The molecule has 136 valence electrons. The van der Waals surface area contributed by atoms with E-state index >= 15 is 0 Å². The van der Waals surface area contributed by atoms with Crippen molar-refractivity contribution in [2.45, 2.75) is 25.9 Å². The Morgan fingerprint density at radius 3 is 2.78 bits per heavy atom. The van der Waals surface area contributed by atoms with Crippen molar-refractivity contribution in [3.05, 3.63) is 72.7 Å². The summed E-state index contributed by atoms with van der Waals surface area (Å²) < 4.78 is 7.15. The van der Waals surface area contributed by atoms with E-state index < -0.39 is 0 Å². The lowest BCUT2D eigenvalue weighted by atomic mass is 10.1. The molecule has 0 saturated carbocycles. The molecule has 27 heavy (non-hydrogen) atoms. The number of nitrogens with zero attached hydrogens (tertiary/aromatic N) is 6. The topological polar surface area (TPSA) is 94.6 Å². The zero-order valence-electron chi connectivity index (χ0n) is 14.9. The molecule has 1 N–H and O–H groups in total. The van der Waals surface area contributed by atoms with Crippen LogP contribution in [0.5, 0.6) is 0 Å². The first-order valence-electron chi connectivity index (χ1n) is 8.68. The third kappa shape index (κ3) is 4.35. The first-order valence-corrected chi connectivity index (χ1v) is 8.68. The highest BCUT2D eigenvalue weighted by Gasteiger charge is 2.11. The average Bonchev–Trinajstić information content (AvgIpc) is 3.35. The number of anilines is 1. The van der Waals surface area contributed by atoms with E-state index in [-0.39, 0.29) is 6.04 Å². The van der Waals surface area contributed by atoms with Gasteiger partial charge in [0.2, 0.25) is 0 Å². The Morgan fingerprint density at radius 1 is 1.15 bits per heavy atom. The Balaban J connectivity index is 1.39. The summed E-state index contributed by atoms with van der Waals surface area (Å²) >= 11 is 0. The molecule has 0 fully saturated rings. The van der Waals surface area contributed by atoms with Crippen molar-refractivity contribution in [1.82, 2.24) is 29.9 Å². The van der Waals surface area contributed by atoms with Gasteiger partial charge in [-0.25, -0.2) is 9.97 Å². The molecule has 1 aromatic carbocycles. The highest BCUT2D eigenvalue weighted by Crippen LogP contribution is 2.19. The molecule has 3 heterocycles. The van der Waals surface area contributed by atoms with Crippen molar-refractivity contribution >= 4 is 5.82 Å². The van der Waals surface area contributed by atoms with Crippen LogP contribution in [-0.4, -0.2) is 35.9 Å². The molecule has 8 heteroatoms. The number of nitrogens with one attached hydrogen (secondary N) is 1. The van der Waals surface area contributed by atoms with Gasteiger partial charge in [0.05, 0.1) is 12.1 Å². The molecular weight excluding hydrogens is 342 g/mol. The average molecular weight is 361 g/mol. The largest absolute Gasteiger partial charge is 0.366 e. The number of rotatable bonds is 7. The van der Waals surface area contributed by atoms with E-state index in [1.54, 1.807) is 17.2 Å². The zero-order chi connectivity index (χ0) is 18.5. The normalized spacial score (nSPS) is 12.0. The number of hydrogen-bond donors (Lipinski definition) is 1. The van der Waals surface area contributed by atoms with Crippen LogP contribution in [0.25, 0.3) is 11.5 Å². The van der Waals surface area contributed by atoms with Crippen LogP contribution in [-0.2, 0) is 13.0 Å². The van der Waals surface area contributed by atoms with Crippen LogP contribution in [0.15, 0.2) is 65.8 Å². The van der Waals surface area contributed by atoms with Gasteiger partial charge in [-0.15, -0.1) is 0 Å². The third-order valence-corrected chi connectivity index (χ3v) is 4.01. The molecule has 4 aromatic rings. The lowest BCUT2D eigenvalue weighted by molar-refractivity contribution is 0.424. The van der Waals surface area contributed by atoms with E-state index in [1.165, 1.54) is 6.33 Å². The van der Waals surface area contributed by atoms with Crippen LogP contribution in [0, 0.1) is 0 Å². The Labute approximate surface area is 156 Å². The third-order valence-electron chi connectivity index (χ3n) is 4.01. The molecule has 3 aromatic heterocycles. The van der Waals surface area contributed by atoms with Gasteiger partial charge in [0.15, 0.2) is 5.82 Å². The van der Waals surface area contributed by atoms with Gasteiger partial charge >= 0.3 is 0 Å². The zero-order valence-corrected chi connectivity index (χ0v) is 14.9. The highest BCUT2D eigenvalue weighted by molar-refractivity contribution is 5.54. The fourth-order valence-electron chi connectivity index (χ4n) is 2.73. The fraction of sp³-hybridized carbons (Fsp3) is 0.211. The number of aromatic nitrogens is 6. The van der Waals surface area contributed by atoms with Crippen molar-refractivity contribution in [2.75, 3.05) is 5.32 Å². The minimum atomic E-state index is 0.158. The van der Waals surface area contributed by atoms with Gasteiger partial charge in [0.1, 0.15) is 18.5 Å². The molecule has 8 nitrogen and oxygen atoms in total. The second-order valence-electron chi connectivity index (χ2n) is 6.27. The molecular formula is C19H19N7O. The molecule has 0 aliphatic rings. The first kappa shape index (κ1) is 16.9. The standard InChI is InChI=1S/C19H19N7O/c1-14(11-26-13-20-12-22-26)23-17-8-7-16(10-21-17)19-24-18(25-27-19)9-15-5-3-2-4-6-15/h2-8,10,12-14H,9,11H2,1H3,(H,21,23). The van der Waals surface area contributed by atoms with Crippen LogP contribution in [0.2, 0.25) is 0 Å². The van der Waals surface area contributed by atoms with Crippen LogP contribution >= 0.6 is 0 Å². The van der Waals surface area contributed by atoms with Gasteiger partial charge in [0.25, 0.3) is 5.89 Å². The molecule has 0 spiro atoms. The second kappa shape index (κ2) is 7.77. The van der Waals surface area contributed by atoms with E-state index in [1.807, 2.05) is 42.5 Å². The quantitative estimate of drug-likeness (QED) is 0.541. The molecule has 4 rings (SSSR count). The SMILES string of the molecule is CC(Cn1cncn1)Nc1ccc(-c2nc(Cc3ccccc3)no2)cn1. The van der Waals surface area contributed by atoms with Gasteiger partial charge in [-0.1, -0.05) is 35.5 Å². The van der Waals surface area contributed by atoms with Crippen LogP contribution < -0.4 is 5.32 Å². The summed E-state index contributed by atoms with van der Waals surface area (Å²) in [5, 5.41) is 11.5. The van der Waals surface area contributed by atoms with Gasteiger partial charge in [-0.05, 0) is 24.6 Å². The number of hydrogen-bond acceptors (Lipinski definition) is 7. The lowest BCUT2D eigenvalue weighted by Crippen LogP contribution is -2.22. The summed E-state index contributed by atoms with van der Waals surface area (Å²) in [5.41, 5.74) is 1.93. The Morgan fingerprint density at radius 2 is 2.04 bits per heavy atom. The molecule has 0 bridgehead atoms. The summed E-state index contributed by atoms with van der Waals surface area (Å²) in [4.78, 5) is 12.8. The maximum absolute atomic E-state index is 5.37. The first-order chi connectivity index (χ1) is 13.3. The molecule has 1 unspecified atom stereocenters. The molecule has 0 saturated heterocycles. The molecule has 1 atom stereocenters. The van der Waals surface area contributed by atoms with Crippen molar-refractivity contribution in [3.8, 4) is 11.5 Å². The van der Waals surface area contributed by atoms with E-state index in [0.717, 1.165) is 16.9 Å². The maximum Gasteiger partial charge on any atom is 0.259 e. The highest BCUT2D eigenvalue weighted by atomic mass is 16.5. The predicted octanol–water partition coefficient (Wildman–Crippen LogP) is 2.81. The maximum atomic E-state index is 5.37. The van der Waals surface area contributed by atoms with Crippen molar-refractivity contribution in [1.29, 1.82) is 0 Å². The number of pyridine rings is 1. The minimum absolute atomic E-state index is 0.158. The van der Waals surface area contributed by atoms with Gasteiger partial charge in [0, 0.05) is 18.7 Å². The summed E-state index contributed by atoms with van der Waals surface area (Å²) in [6, 6.07) is 14.0. The Bertz CT molecular complexity index is 965. The molecule has 0 radical (unpaired) electrons. The predicted molar refractivity (Wildman–Crippen MR) is 99.9 cm³/mol. The monoisotopic (exact) mass is 361 g/mol. The van der Waals surface area contributed by atoms with E-state index in [9.17, 15) is 0 Å². The Hall–Kier alpha value is -3.55. The van der Waals surface area contributed by atoms with Crippen LogP contribution in [0.4, 0.5) is 5.82 Å². The van der Waals surface area contributed by atoms with Crippen molar-refractivity contribution in [3.63, 3.8) is 0 Å². The summed E-state index contributed by atoms with van der Waals surface area (Å²) in [6.07, 6.45) is 5.58. The number of benzene rings is 1. The molecule has 0 amide bonds. The summed E-state index contributed by atoms with van der Waals surface area (Å²) in [7, 11) is 0. The van der Waals surface area contributed by atoms with Gasteiger partial charge < -0.3 is 9.84 Å². The van der Waals surface area contributed by atoms with Gasteiger partial charge in [-0.2, -0.15) is 10.1 Å². The van der Waals surface area contributed by atoms with E-state index in [0.29, 0.717) is 24.7 Å². The summed E-state index contributed by atoms with van der Waals surface area (Å²) in [6.45, 7) is 2.76. The van der Waals surface area contributed by atoms with Crippen molar-refractivity contribution < 1.29 is 4.52 Å². The molecule has 0 aliphatic heterocycles. The van der Waals surface area contributed by atoms with E-state index in [2.05, 4.69) is 37.4 Å². The summed E-state index contributed by atoms with van der Waals surface area (Å²) in [5.74, 6) is 1.89. The van der Waals surface area contributed by atoms with Gasteiger partial charge in [-0.3, -0.25) is 4.68 Å². The van der Waals surface area contributed by atoms with E-state index in [4.69, 9.17) is 4.52 Å². The van der Waals surface area contributed by atoms with Crippen LogP contribution in [0.1, 0.15) is 18.3 Å². The fourth-order valence-corrected chi connectivity index (χ4v) is 2.73.